The van der Waals surface area contributed by atoms with E-state index in [4.69, 9.17) is 11.6 Å². The number of benzene rings is 1. The molecule has 0 heterocycles. The molecule has 1 amide bonds. The Hall–Kier alpha value is -1.23. The standard InChI is InChI=1S/C9H7ClF3NO/c10-2-1-8(15)14-7-4-5(11)3-6(12)9(7)13/h3-4H,1-2H2,(H,14,15). The lowest BCUT2D eigenvalue weighted by molar-refractivity contribution is -0.115. The van der Waals surface area contributed by atoms with Crippen molar-refractivity contribution < 1.29 is 18.0 Å². The molecule has 1 aromatic carbocycles. The molecular weight excluding hydrogens is 231 g/mol. The highest BCUT2D eigenvalue weighted by Gasteiger charge is 2.12. The van der Waals surface area contributed by atoms with E-state index in [1.165, 1.54) is 0 Å². The van der Waals surface area contributed by atoms with Crippen LogP contribution in [-0.2, 0) is 4.79 Å². The van der Waals surface area contributed by atoms with Gasteiger partial charge in [-0.05, 0) is 0 Å². The number of hydrogen-bond acceptors (Lipinski definition) is 1. The third-order valence-corrected chi connectivity index (χ3v) is 1.78. The fourth-order valence-corrected chi connectivity index (χ4v) is 1.12. The minimum atomic E-state index is -1.35. The number of alkyl halides is 1. The molecule has 0 unspecified atom stereocenters. The van der Waals surface area contributed by atoms with Gasteiger partial charge in [0.1, 0.15) is 5.82 Å². The van der Waals surface area contributed by atoms with Gasteiger partial charge in [0.15, 0.2) is 11.6 Å². The lowest BCUT2D eigenvalue weighted by Gasteiger charge is -2.05. The maximum absolute atomic E-state index is 13.0. The number of anilines is 1. The first-order valence-electron chi connectivity index (χ1n) is 4.05. The molecule has 1 rings (SSSR count). The van der Waals surface area contributed by atoms with Gasteiger partial charge in [0.05, 0.1) is 5.69 Å². The number of rotatable bonds is 3. The van der Waals surface area contributed by atoms with Crippen molar-refractivity contribution in [3.05, 3.63) is 29.6 Å². The highest BCUT2D eigenvalue weighted by molar-refractivity contribution is 6.19. The SMILES string of the molecule is O=C(CCCl)Nc1cc(F)cc(F)c1F. The topological polar surface area (TPSA) is 29.1 Å². The van der Waals surface area contributed by atoms with Crippen LogP contribution in [0.2, 0.25) is 0 Å². The molecular formula is C9H7ClF3NO. The van der Waals surface area contributed by atoms with Gasteiger partial charge >= 0.3 is 0 Å². The van der Waals surface area contributed by atoms with Crippen LogP contribution in [0.5, 0.6) is 0 Å². The number of carbonyl (C=O) groups is 1. The van der Waals surface area contributed by atoms with Crippen LogP contribution in [0.1, 0.15) is 6.42 Å². The summed E-state index contributed by atoms with van der Waals surface area (Å²) in [7, 11) is 0. The van der Waals surface area contributed by atoms with Gasteiger partial charge in [0.25, 0.3) is 0 Å². The predicted molar refractivity (Wildman–Crippen MR) is 50.3 cm³/mol. The van der Waals surface area contributed by atoms with Gasteiger partial charge in [-0.1, -0.05) is 0 Å². The zero-order valence-corrected chi connectivity index (χ0v) is 8.24. The summed E-state index contributed by atoms with van der Waals surface area (Å²) in [6, 6.07) is 1.09. The Morgan fingerprint density at radius 3 is 2.60 bits per heavy atom. The molecule has 15 heavy (non-hydrogen) atoms. The van der Waals surface area contributed by atoms with Crippen LogP contribution in [-0.4, -0.2) is 11.8 Å². The lowest BCUT2D eigenvalue weighted by Crippen LogP contribution is -2.13. The van der Waals surface area contributed by atoms with Crippen LogP contribution >= 0.6 is 11.6 Å². The predicted octanol–water partition coefficient (Wildman–Crippen LogP) is 2.67. The van der Waals surface area contributed by atoms with E-state index in [0.717, 1.165) is 0 Å². The highest BCUT2D eigenvalue weighted by Crippen LogP contribution is 2.19. The Morgan fingerprint density at radius 2 is 2.00 bits per heavy atom. The zero-order valence-electron chi connectivity index (χ0n) is 7.49. The first kappa shape index (κ1) is 11.8. The number of halogens is 4. The molecule has 0 fully saturated rings. The zero-order chi connectivity index (χ0) is 11.4. The van der Waals surface area contributed by atoms with E-state index in [-0.39, 0.29) is 12.3 Å². The van der Waals surface area contributed by atoms with E-state index < -0.39 is 29.0 Å². The van der Waals surface area contributed by atoms with Crippen molar-refractivity contribution in [2.24, 2.45) is 0 Å². The summed E-state index contributed by atoms with van der Waals surface area (Å²) < 4.78 is 38.3. The second-order valence-corrected chi connectivity index (χ2v) is 3.11. The van der Waals surface area contributed by atoms with Gasteiger partial charge in [0, 0.05) is 24.4 Å². The molecule has 0 aliphatic rings. The first-order valence-corrected chi connectivity index (χ1v) is 4.58. The fraction of sp³-hybridized carbons (Fsp3) is 0.222. The molecule has 0 aliphatic heterocycles. The summed E-state index contributed by atoms with van der Waals surface area (Å²) in [6.45, 7) is 0. The van der Waals surface area contributed by atoms with E-state index in [9.17, 15) is 18.0 Å². The quantitative estimate of drug-likeness (QED) is 0.636. The molecule has 0 saturated heterocycles. The summed E-state index contributed by atoms with van der Waals surface area (Å²) in [5.41, 5.74) is -0.525. The van der Waals surface area contributed by atoms with E-state index >= 15 is 0 Å². The van der Waals surface area contributed by atoms with Crippen molar-refractivity contribution in [3.8, 4) is 0 Å². The molecule has 2 nitrogen and oxygen atoms in total. The summed E-state index contributed by atoms with van der Waals surface area (Å²) in [5.74, 6) is -4.16. The largest absolute Gasteiger partial charge is 0.323 e. The molecule has 0 radical (unpaired) electrons. The molecule has 1 aromatic rings. The third-order valence-electron chi connectivity index (χ3n) is 1.59. The number of carbonyl (C=O) groups excluding carboxylic acids is 1. The van der Waals surface area contributed by atoms with Gasteiger partial charge in [-0.15, -0.1) is 11.6 Å². The van der Waals surface area contributed by atoms with Gasteiger partial charge in [0.2, 0.25) is 5.91 Å². The Bertz CT molecular complexity index is 384. The van der Waals surface area contributed by atoms with Gasteiger partial charge in [-0.25, -0.2) is 13.2 Å². The van der Waals surface area contributed by atoms with Crippen LogP contribution in [0.25, 0.3) is 0 Å². The summed E-state index contributed by atoms with van der Waals surface area (Å²) in [5, 5.41) is 2.01. The molecule has 1 N–H and O–H groups in total. The van der Waals surface area contributed by atoms with Crippen molar-refractivity contribution in [2.75, 3.05) is 11.2 Å². The molecule has 0 spiro atoms. The number of hydrogen-bond donors (Lipinski definition) is 1. The second kappa shape index (κ2) is 5.02. The van der Waals surface area contributed by atoms with Crippen LogP contribution in [0.3, 0.4) is 0 Å². The Labute approximate surface area is 89.0 Å². The molecule has 82 valence electrons. The summed E-state index contributed by atoms with van der Waals surface area (Å²) in [6.07, 6.45) is -0.0564. The first-order chi connectivity index (χ1) is 7.04. The van der Waals surface area contributed by atoms with Crippen LogP contribution in [0.4, 0.5) is 18.9 Å². The van der Waals surface area contributed by atoms with Crippen molar-refractivity contribution in [2.45, 2.75) is 6.42 Å². The van der Waals surface area contributed by atoms with Crippen LogP contribution < -0.4 is 5.32 Å². The molecule has 0 aromatic heterocycles. The average Bonchev–Trinajstić information content (AvgIpc) is 2.13. The maximum Gasteiger partial charge on any atom is 0.225 e. The molecule has 6 heteroatoms. The number of nitrogens with one attached hydrogen (secondary N) is 1. The Morgan fingerprint density at radius 1 is 1.33 bits per heavy atom. The molecule has 0 bridgehead atoms. The van der Waals surface area contributed by atoms with Crippen molar-refractivity contribution in [3.63, 3.8) is 0 Å². The van der Waals surface area contributed by atoms with Gasteiger partial charge in [-0.3, -0.25) is 4.79 Å². The monoisotopic (exact) mass is 237 g/mol. The minimum absolute atomic E-state index is 0.0469. The summed E-state index contributed by atoms with van der Waals surface area (Å²) >= 11 is 5.26. The van der Waals surface area contributed by atoms with Crippen molar-refractivity contribution >= 4 is 23.2 Å². The maximum atomic E-state index is 13.0. The summed E-state index contributed by atoms with van der Waals surface area (Å²) in [4.78, 5) is 11.0. The fourth-order valence-electron chi connectivity index (χ4n) is 0.945. The van der Waals surface area contributed by atoms with Gasteiger partial charge < -0.3 is 5.32 Å². The minimum Gasteiger partial charge on any atom is -0.323 e. The van der Waals surface area contributed by atoms with E-state index in [1.807, 2.05) is 5.32 Å². The van der Waals surface area contributed by atoms with E-state index in [1.54, 1.807) is 0 Å². The molecule has 0 atom stereocenters. The molecule has 0 aliphatic carbocycles. The van der Waals surface area contributed by atoms with Crippen molar-refractivity contribution in [1.82, 2.24) is 0 Å². The van der Waals surface area contributed by atoms with Crippen LogP contribution in [0.15, 0.2) is 12.1 Å². The number of amides is 1. The average molecular weight is 238 g/mol. The van der Waals surface area contributed by atoms with Crippen molar-refractivity contribution in [1.29, 1.82) is 0 Å². The normalized spacial score (nSPS) is 10.1. The van der Waals surface area contributed by atoms with E-state index in [2.05, 4.69) is 0 Å². The third kappa shape index (κ3) is 3.13. The Balaban J connectivity index is 2.89. The lowest BCUT2D eigenvalue weighted by atomic mass is 10.2. The Kier molecular flexibility index (Phi) is 3.96. The molecule has 0 saturated carbocycles. The van der Waals surface area contributed by atoms with Crippen LogP contribution in [0, 0.1) is 17.5 Å². The van der Waals surface area contributed by atoms with E-state index in [0.29, 0.717) is 12.1 Å². The highest BCUT2D eigenvalue weighted by atomic mass is 35.5. The second-order valence-electron chi connectivity index (χ2n) is 2.74. The van der Waals surface area contributed by atoms with Gasteiger partial charge in [-0.2, -0.15) is 0 Å². The smallest absolute Gasteiger partial charge is 0.225 e.